The second-order valence-electron chi connectivity index (χ2n) is 8.00. The van der Waals surface area contributed by atoms with E-state index in [-0.39, 0.29) is 5.56 Å². The van der Waals surface area contributed by atoms with Crippen molar-refractivity contribution in [2.24, 2.45) is 0 Å². The zero-order chi connectivity index (χ0) is 24.2. The van der Waals surface area contributed by atoms with Crippen molar-refractivity contribution < 1.29 is 24.2 Å². The summed E-state index contributed by atoms with van der Waals surface area (Å²) < 4.78 is 5.40. The number of rotatable bonds is 6. The molecule has 0 spiro atoms. The molecule has 4 rings (SSSR count). The van der Waals surface area contributed by atoms with E-state index in [4.69, 9.17) is 4.74 Å². The fraction of sp³-hybridized carbons (Fsp3) is 0.107. The van der Waals surface area contributed by atoms with Gasteiger partial charge in [-0.1, -0.05) is 72.3 Å². The van der Waals surface area contributed by atoms with Gasteiger partial charge in [0.1, 0.15) is 0 Å². The minimum atomic E-state index is -1.27. The number of hydrogen-bond donors (Lipinski definition) is 1. The molecule has 1 amide bonds. The van der Waals surface area contributed by atoms with Gasteiger partial charge < -0.3 is 15.2 Å². The third kappa shape index (κ3) is 4.66. The summed E-state index contributed by atoms with van der Waals surface area (Å²) in [6.07, 6.45) is 1.48. The van der Waals surface area contributed by atoms with Crippen LogP contribution in [0.2, 0.25) is 0 Å². The lowest BCUT2D eigenvalue weighted by Gasteiger charge is -2.22. The Labute approximate surface area is 197 Å². The summed E-state index contributed by atoms with van der Waals surface area (Å²) in [6, 6.07) is 20.9. The number of allylic oxidation sites excluding steroid dienone is 1. The number of benzene rings is 3. The summed E-state index contributed by atoms with van der Waals surface area (Å²) in [5.74, 6) is -3.40. The number of nitrogens with one attached hydrogen (secondary N) is 1. The molecule has 0 saturated carbocycles. The minimum absolute atomic E-state index is 0.257. The molecule has 170 valence electrons. The van der Waals surface area contributed by atoms with Crippen molar-refractivity contribution in [3.05, 3.63) is 118 Å². The van der Waals surface area contributed by atoms with Gasteiger partial charge in [-0.25, -0.2) is 4.79 Å². The molecule has 0 radical (unpaired) electrons. The molecule has 0 fully saturated rings. The first kappa shape index (κ1) is 22.7. The predicted octanol–water partition coefficient (Wildman–Crippen LogP) is 4.05. The quantitative estimate of drug-likeness (QED) is 0.346. The molecule has 1 aliphatic rings. The smallest absolute Gasteiger partial charge is 0.339 e. The molecule has 34 heavy (non-hydrogen) atoms. The highest BCUT2D eigenvalue weighted by atomic mass is 16.5. The molecule has 0 aromatic heterocycles. The zero-order valence-corrected chi connectivity index (χ0v) is 18.7. The van der Waals surface area contributed by atoms with Crippen LogP contribution in [0.1, 0.15) is 38.7 Å². The normalized spacial score (nSPS) is 15.5. The number of ether oxygens (including phenoxy) is 1. The molecule has 3 aromatic rings. The first-order chi connectivity index (χ1) is 16.3. The van der Waals surface area contributed by atoms with Gasteiger partial charge in [0.15, 0.2) is 11.9 Å². The maximum atomic E-state index is 13.3. The molecule has 1 unspecified atom stereocenters. The Morgan fingerprint density at radius 3 is 2.41 bits per heavy atom. The van der Waals surface area contributed by atoms with Crippen LogP contribution in [0.5, 0.6) is 0 Å². The SMILES string of the molecule is Cc1ccc(NC(=O)/C([O-])=C(/C(=O)/C=C/c2ccccc2)C2OC(=O)c3ccccc32)c(C)c1. The fourth-order valence-corrected chi connectivity index (χ4v) is 3.80. The molecule has 1 atom stereocenters. The fourth-order valence-electron chi connectivity index (χ4n) is 3.80. The van der Waals surface area contributed by atoms with Crippen molar-refractivity contribution in [2.75, 3.05) is 5.32 Å². The zero-order valence-electron chi connectivity index (χ0n) is 18.7. The van der Waals surface area contributed by atoms with Crippen LogP contribution in [0.3, 0.4) is 0 Å². The highest BCUT2D eigenvalue weighted by Crippen LogP contribution is 2.37. The number of amides is 1. The molecular formula is C28H22NO5-. The lowest BCUT2D eigenvalue weighted by molar-refractivity contribution is -0.299. The lowest BCUT2D eigenvalue weighted by Crippen LogP contribution is -2.29. The van der Waals surface area contributed by atoms with E-state index in [0.29, 0.717) is 11.3 Å². The molecular weight excluding hydrogens is 430 g/mol. The average molecular weight is 452 g/mol. The third-order valence-electron chi connectivity index (χ3n) is 5.52. The predicted molar refractivity (Wildman–Crippen MR) is 127 cm³/mol. The Bertz CT molecular complexity index is 1340. The van der Waals surface area contributed by atoms with E-state index in [1.54, 1.807) is 61.5 Å². The number of carbonyl (C=O) groups is 3. The highest BCUT2D eigenvalue weighted by molar-refractivity contribution is 6.14. The maximum Gasteiger partial charge on any atom is 0.339 e. The van der Waals surface area contributed by atoms with E-state index in [1.165, 1.54) is 6.08 Å². The molecule has 6 nitrogen and oxygen atoms in total. The Hall–Kier alpha value is -4.45. The van der Waals surface area contributed by atoms with E-state index >= 15 is 0 Å². The Morgan fingerprint density at radius 1 is 0.971 bits per heavy atom. The number of cyclic esters (lactones) is 1. The standard InChI is InChI=1S/C28H23NO5/c1-17-12-14-22(18(2)16-17)29-27(32)25(31)24(23(30)15-13-19-8-4-3-5-9-19)26-20-10-6-7-11-21(20)28(33)34-26/h3-16,26,31H,1-2H3,(H,29,32)/p-1/b15-13+,25-24+. The van der Waals surface area contributed by atoms with E-state index in [0.717, 1.165) is 16.7 Å². The van der Waals surface area contributed by atoms with Gasteiger partial charge in [-0.3, -0.25) is 9.59 Å². The molecule has 0 bridgehead atoms. The van der Waals surface area contributed by atoms with Crippen LogP contribution in [-0.4, -0.2) is 17.7 Å². The van der Waals surface area contributed by atoms with Gasteiger partial charge in [0, 0.05) is 16.8 Å². The average Bonchev–Trinajstić information content (AvgIpc) is 3.16. The van der Waals surface area contributed by atoms with Crippen LogP contribution < -0.4 is 10.4 Å². The molecule has 1 heterocycles. The van der Waals surface area contributed by atoms with Crippen LogP contribution in [-0.2, 0) is 14.3 Å². The number of ketones is 1. The van der Waals surface area contributed by atoms with Crippen LogP contribution in [0.25, 0.3) is 6.08 Å². The van der Waals surface area contributed by atoms with Gasteiger partial charge in [-0.15, -0.1) is 0 Å². The van der Waals surface area contributed by atoms with Crippen LogP contribution in [0, 0.1) is 13.8 Å². The Kier molecular flexibility index (Phi) is 6.41. The van der Waals surface area contributed by atoms with E-state index in [9.17, 15) is 19.5 Å². The largest absolute Gasteiger partial charge is 0.868 e. The second-order valence-corrected chi connectivity index (χ2v) is 8.00. The van der Waals surface area contributed by atoms with Crippen LogP contribution >= 0.6 is 0 Å². The van der Waals surface area contributed by atoms with Crippen molar-refractivity contribution in [3.8, 4) is 0 Å². The second kappa shape index (κ2) is 9.58. The summed E-state index contributed by atoms with van der Waals surface area (Å²) in [7, 11) is 0. The van der Waals surface area contributed by atoms with E-state index in [2.05, 4.69) is 5.32 Å². The molecule has 1 aliphatic heterocycles. The Morgan fingerprint density at radius 2 is 1.68 bits per heavy atom. The van der Waals surface area contributed by atoms with Crippen LogP contribution in [0.15, 0.2) is 90.2 Å². The van der Waals surface area contributed by atoms with Gasteiger partial charge in [0.25, 0.3) is 0 Å². The number of aryl methyl sites for hydroxylation is 2. The molecule has 0 aliphatic carbocycles. The van der Waals surface area contributed by atoms with Crippen molar-refractivity contribution in [3.63, 3.8) is 0 Å². The lowest BCUT2D eigenvalue weighted by atomic mass is 9.94. The van der Waals surface area contributed by atoms with Crippen molar-refractivity contribution >= 4 is 29.4 Å². The number of fused-ring (bicyclic) bond motifs is 1. The van der Waals surface area contributed by atoms with Crippen molar-refractivity contribution in [1.29, 1.82) is 0 Å². The summed E-state index contributed by atoms with van der Waals surface area (Å²) in [5.41, 5.74) is 3.18. The summed E-state index contributed by atoms with van der Waals surface area (Å²) >= 11 is 0. The number of hydrogen-bond acceptors (Lipinski definition) is 5. The highest BCUT2D eigenvalue weighted by Gasteiger charge is 2.36. The van der Waals surface area contributed by atoms with Crippen LogP contribution in [0.4, 0.5) is 5.69 Å². The van der Waals surface area contributed by atoms with Gasteiger partial charge in [-0.05, 0) is 48.9 Å². The third-order valence-corrected chi connectivity index (χ3v) is 5.52. The summed E-state index contributed by atoms with van der Waals surface area (Å²) in [5, 5.41) is 15.9. The van der Waals surface area contributed by atoms with Crippen molar-refractivity contribution in [1.82, 2.24) is 0 Å². The topological polar surface area (TPSA) is 95.5 Å². The maximum absolute atomic E-state index is 13.3. The van der Waals surface area contributed by atoms with Gasteiger partial charge in [-0.2, -0.15) is 0 Å². The number of anilines is 1. The van der Waals surface area contributed by atoms with Gasteiger partial charge in [0.2, 0.25) is 5.91 Å². The monoisotopic (exact) mass is 452 g/mol. The van der Waals surface area contributed by atoms with E-state index in [1.807, 2.05) is 31.2 Å². The summed E-state index contributed by atoms with van der Waals surface area (Å²) in [6.45, 7) is 3.72. The Balaban J connectivity index is 1.74. The number of esters is 1. The molecule has 0 saturated heterocycles. The first-order valence-corrected chi connectivity index (χ1v) is 10.7. The van der Waals surface area contributed by atoms with Gasteiger partial charge >= 0.3 is 5.97 Å². The van der Waals surface area contributed by atoms with Crippen molar-refractivity contribution in [2.45, 2.75) is 20.0 Å². The number of carbonyl (C=O) groups excluding carboxylic acids is 3. The van der Waals surface area contributed by atoms with E-state index < -0.39 is 35.1 Å². The molecule has 1 N–H and O–H groups in total. The first-order valence-electron chi connectivity index (χ1n) is 10.7. The molecule has 3 aromatic carbocycles. The minimum Gasteiger partial charge on any atom is -0.868 e. The molecule has 6 heteroatoms. The summed E-state index contributed by atoms with van der Waals surface area (Å²) in [4.78, 5) is 38.5. The van der Waals surface area contributed by atoms with Gasteiger partial charge in [0.05, 0.1) is 5.56 Å².